The Hall–Kier alpha value is -1.82. The van der Waals surface area contributed by atoms with E-state index in [-0.39, 0.29) is 11.2 Å². The van der Waals surface area contributed by atoms with Crippen molar-refractivity contribution in [2.45, 2.75) is 81.3 Å². The van der Waals surface area contributed by atoms with Crippen LogP contribution >= 0.6 is 11.8 Å². The van der Waals surface area contributed by atoms with Gasteiger partial charge in [-0.15, -0.1) is 10.2 Å². The van der Waals surface area contributed by atoms with Crippen molar-refractivity contribution >= 4 is 17.7 Å². The first-order chi connectivity index (χ1) is 13.6. The lowest BCUT2D eigenvalue weighted by atomic mass is 9.86. The zero-order chi connectivity index (χ0) is 19.5. The molecule has 28 heavy (non-hydrogen) atoms. The molecule has 0 radical (unpaired) electrons. The summed E-state index contributed by atoms with van der Waals surface area (Å²) in [5.74, 6) is 2.28. The lowest BCUT2D eigenvalue weighted by Gasteiger charge is -2.30. The molecule has 3 atom stereocenters. The molecular formula is C22H30N4OS. The van der Waals surface area contributed by atoms with E-state index >= 15 is 0 Å². The molecule has 0 bridgehead atoms. The van der Waals surface area contributed by atoms with E-state index in [0.717, 1.165) is 23.9 Å². The van der Waals surface area contributed by atoms with Gasteiger partial charge in [-0.25, -0.2) is 0 Å². The van der Waals surface area contributed by atoms with E-state index < -0.39 is 0 Å². The van der Waals surface area contributed by atoms with Crippen molar-refractivity contribution in [2.24, 2.45) is 5.92 Å². The average molecular weight is 399 g/mol. The Kier molecular flexibility index (Phi) is 6.04. The molecule has 1 aromatic heterocycles. The van der Waals surface area contributed by atoms with E-state index in [1.165, 1.54) is 49.4 Å². The second-order valence-electron chi connectivity index (χ2n) is 8.32. The van der Waals surface area contributed by atoms with E-state index in [9.17, 15) is 4.79 Å². The number of hydrogen-bond donors (Lipinski definition) is 1. The van der Waals surface area contributed by atoms with Gasteiger partial charge >= 0.3 is 0 Å². The second-order valence-corrected chi connectivity index (χ2v) is 9.63. The number of carbonyl (C=O) groups excluding carboxylic acids is 1. The van der Waals surface area contributed by atoms with Gasteiger partial charge < -0.3 is 9.88 Å². The van der Waals surface area contributed by atoms with Gasteiger partial charge in [0, 0.05) is 12.0 Å². The van der Waals surface area contributed by atoms with Gasteiger partial charge in [-0.2, -0.15) is 0 Å². The Morgan fingerprint density at radius 2 is 1.93 bits per heavy atom. The lowest BCUT2D eigenvalue weighted by molar-refractivity contribution is -0.121. The van der Waals surface area contributed by atoms with E-state index in [0.29, 0.717) is 17.9 Å². The fourth-order valence-corrected chi connectivity index (χ4v) is 4.85. The largest absolute Gasteiger partial charge is 0.352 e. The quantitative estimate of drug-likeness (QED) is 0.703. The summed E-state index contributed by atoms with van der Waals surface area (Å²) in [7, 11) is 0. The summed E-state index contributed by atoms with van der Waals surface area (Å²) >= 11 is 1.53. The minimum absolute atomic E-state index is 0.117. The minimum atomic E-state index is -0.181. The van der Waals surface area contributed by atoms with Gasteiger partial charge in [0.1, 0.15) is 5.82 Å². The van der Waals surface area contributed by atoms with Crippen LogP contribution in [0.5, 0.6) is 0 Å². The monoisotopic (exact) mass is 398 g/mol. The Bertz CT molecular complexity index is 802. The van der Waals surface area contributed by atoms with Crippen LogP contribution in [0.3, 0.4) is 0 Å². The number of carbonyl (C=O) groups is 1. The summed E-state index contributed by atoms with van der Waals surface area (Å²) < 4.78 is 2.21. The number of benzene rings is 1. The third-order valence-electron chi connectivity index (χ3n) is 5.96. The predicted octanol–water partition coefficient (Wildman–Crippen LogP) is 4.38. The molecule has 150 valence electrons. The van der Waals surface area contributed by atoms with Crippen molar-refractivity contribution in [1.29, 1.82) is 0 Å². The molecule has 6 heteroatoms. The highest BCUT2D eigenvalue weighted by Gasteiger charge is 2.32. The third-order valence-corrected chi connectivity index (χ3v) is 7.04. The fourth-order valence-electron chi connectivity index (χ4n) is 3.99. The fraction of sp³-hybridized carbons (Fsp3) is 0.591. The Labute approximate surface area is 171 Å². The maximum absolute atomic E-state index is 12.8. The molecule has 0 saturated heterocycles. The van der Waals surface area contributed by atoms with Gasteiger partial charge in [0.25, 0.3) is 0 Å². The number of amides is 1. The van der Waals surface area contributed by atoms with Crippen LogP contribution < -0.4 is 5.32 Å². The van der Waals surface area contributed by atoms with Crippen LogP contribution in [0, 0.1) is 5.92 Å². The van der Waals surface area contributed by atoms with Crippen molar-refractivity contribution in [3.05, 3.63) is 41.7 Å². The van der Waals surface area contributed by atoms with Crippen molar-refractivity contribution in [1.82, 2.24) is 20.1 Å². The highest BCUT2D eigenvalue weighted by atomic mass is 32.2. The van der Waals surface area contributed by atoms with Crippen LogP contribution in [0.1, 0.15) is 69.7 Å². The Morgan fingerprint density at radius 1 is 1.18 bits per heavy atom. The van der Waals surface area contributed by atoms with E-state index in [1.54, 1.807) is 0 Å². The molecule has 2 saturated carbocycles. The van der Waals surface area contributed by atoms with Gasteiger partial charge in [0.2, 0.25) is 5.91 Å². The van der Waals surface area contributed by atoms with Crippen LogP contribution in [-0.4, -0.2) is 32.0 Å². The summed E-state index contributed by atoms with van der Waals surface area (Å²) in [5.41, 5.74) is 1.24. The predicted molar refractivity (Wildman–Crippen MR) is 112 cm³/mol. The third kappa shape index (κ3) is 4.59. The number of nitrogens with one attached hydrogen (secondary N) is 1. The van der Waals surface area contributed by atoms with E-state index in [4.69, 9.17) is 0 Å². The summed E-state index contributed by atoms with van der Waals surface area (Å²) in [5, 5.41) is 12.9. The van der Waals surface area contributed by atoms with Gasteiger partial charge in [0.15, 0.2) is 5.16 Å². The van der Waals surface area contributed by atoms with Gasteiger partial charge in [-0.05, 0) is 44.1 Å². The van der Waals surface area contributed by atoms with Crippen LogP contribution in [0.25, 0.3) is 0 Å². The second kappa shape index (κ2) is 8.68. The first-order valence-corrected chi connectivity index (χ1v) is 11.4. The molecule has 1 heterocycles. The van der Waals surface area contributed by atoms with Gasteiger partial charge in [-0.3, -0.25) is 4.79 Å². The number of nitrogens with zero attached hydrogens (tertiary/aromatic N) is 3. The molecule has 5 nitrogen and oxygen atoms in total. The van der Waals surface area contributed by atoms with Crippen molar-refractivity contribution < 1.29 is 4.79 Å². The van der Waals surface area contributed by atoms with Gasteiger partial charge in [0.05, 0.1) is 11.8 Å². The van der Waals surface area contributed by atoms with Crippen LogP contribution in [0.15, 0.2) is 35.5 Å². The molecule has 0 unspecified atom stereocenters. The molecule has 0 spiro atoms. The highest BCUT2D eigenvalue weighted by Crippen LogP contribution is 2.40. The molecule has 1 aromatic carbocycles. The molecule has 2 aliphatic rings. The summed E-state index contributed by atoms with van der Waals surface area (Å²) in [6.45, 7) is 4.99. The van der Waals surface area contributed by atoms with E-state index in [2.05, 4.69) is 51.3 Å². The Balaban J connectivity index is 1.45. The number of thioether (sulfide) groups is 1. The van der Waals surface area contributed by atoms with Crippen LogP contribution in [-0.2, 0) is 11.3 Å². The molecular weight excluding hydrogens is 368 g/mol. The number of rotatable bonds is 7. The SMILES string of the molecule is C[C@@H](Sc1nnc(C2CC2)n1Cc1ccccc1)C(=O)N[C@H]1CCCC[C@@H]1C. The minimum Gasteiger partial charge on any atom is -0.352 e. The summed E-state index contributed by atoms with van der Waals surface area (Å²) in [6, 6.07) is 10.7. The topological polar surface area (TPSA) is 59.8 Å². The Morgan fingerprint density at radius 3 is 2.64 bits per heavy atom. The van der Waals surface area contributed by atoms with Crippen molar-refractivity contribution in [3.63, 3.8) is 0 Å². The standard InChI is InChI=1S/C22H30N4OS/c1-15-8-6-7-11-19(15)23-21(27)16(2)28-22-25-24-20(18-12-13-18)26(22)14-17-9-4-3-5-10-17/h3-5,9-10,15-16,18-19H,6-8,11-14H2,1-2H3,(H,23,27)/t15-,16+,19-/m0/s1. The first-order valence-electron chi connectivity index (χ1n) is 10.6. The van der Waals surface area contributed by atoms with Gasteiger partial charge in [-0.1, -0.05) is 61.9 Å². The zero-order valence-electron chi connectivity index (χ0n) is 16.8. The molecule has 2 aliphatic carbocycles. The zero-order valence-corrected chi connectivity index (χ0v) is 17.6. The van der Waals surface area contributed by atoms with E-state index in [1.807, 2.05) is 13.0 Å². The van der Waals surface area contributed by atoms with Crippen LogP contribution in [0.2, 0.25) is 0 Å². The number of hydrogen-bond acceptors (Lipinski definition) is 4. The van der Waals surface area contributed by atoms with Crippen molar-refractivity contribution in [3.8, 4) is 0 Å². The first kappa shape index (κ1) is 19.5. The van der Waals surface area contributed by atoms with Crippen LogP contribution in [0.4, 0.5) is 0 Å². The highest BCUT2D eigenvalue weighted by molar-refractivity contribution is 8.00. The average Bonchev–Trinajstić information content (AvgIpc) is 3.47. The molecule has 0 aliphatic heterocycles. The van der Waals surface area contributed by atoms with Crippen molar-refractivity contribution in [2.75, 3.05) is 0 Å². The summed E-state index contributed by atoms with van der Waals surface area (Å²) in [4.78, 5) is 12.8. The maximum atomic E-state index is 12.8. The molecule has 2 fully saturated rings. The maximum Gasteiger partial charge on any atom is 0.233 e. The molecule has 4 rings (SSSR count). The molecule has 2 aromatic rings. The molecule has 1 amide bonds. The smallest absolute Gasteiger partial charge is 0.233 e. The lowest BCUT2D eigenvalue weighted by Crippen LogP contribution is -2.44. The normalized spacial score (nSPS) is 23.4. The summed E-state index contributed by atoms with van der Waals surface area (Å²) in [6.07, 6.45) is 7.18. The number of aromatic nitrogens is 3. The molecule has 1 N–H and O–H groups in total.